The number of fused-ring (bicyclic) bond motifs is 1. The van der Waals surface area contributed by atoms with Gasteiger partial charge in [0.1, 0.15) is 5.76 Å². The van der Waals surface area contributed by atoms with Gasteiger partial charge < -0.3 is 9.73 Å². The van der Waals surface area contributed by atoms with E-state index in [1.54, 1.807) is 36.7 Å². The van der Waals surface area contributed by atoms with Gasteiger partial charge in [-0.3, -0.25) is 14.6 Å². The van der Waals surface area contributed by atoms with Gasteiger partial charge in [-0.1, -0.05) is 17.7 Å². The average Bonchev–Trinajstić information content (AvgIpc) is 3.12. The Hall–Kier alpha value is -3.45. The predicted molar refractivity (Wildman–Crippen MR) is 119 cm³/mol. The number of furan rings is 1. The number of halogens is 1. The molecule has 0 radical (unpaired) electrons. The van der Waals surface area contributed by atoms with E-state index in [4.69, 9.17) is 16.0 Å². The molecule has 8 heteroatoms. The molecule has 0 spiro atoms. The van der Waals surface area contributed by atoms with Gasteiger partial charge in [0.2, 0.25) is 0 Å². The number of aryl methyl sites for hydroxylation is 2. The highest BCUT2D eigenvalue weighted by atomic mass is 35.5. The Morgan fingerprint density at radius 3 is 2.61 bits per heavy atom. The van der Waals surface area contributed by atoms with Gasteiger partial charge in [0.15, 0.2) is 5.76 Å². The number of aromatic nitrogens is 1. The quantitative estimate of drug-likeness (QED) is 0.581. The van der Waals surface area contributed by atoms with Crippen LogP contribution in [0.1, 0.15) is 56.2 Å². The summed E-state index contributed by atoms with van der Waals surface area (Å²) < 4.78 is 5.90. The van der Waals surface area contributed by atoms with Gasteiger partial charge in [0, 0.05) is 46.2 Å². The number of amides is 2. The lowest BCUT2D eigenvalue weighted by Crippen LogP contribution is -2.22. The van der Waals surface area contributed by atoms with Crippen molar-refractivity contribution >= 4 is 34.8 Å². The van der Waals surface area contributed by atoms with Crippen LogP contribution in [-0.2, 0) is 6.42 Å². The molecule has 2 N–H and O–H groups in total. The van der Waals surface area contributed by atoms with E-state index < -0.39 is 0 Å². The molecule has 0 unspecified atom stereocenters. The van der Waals surface area contributed by atoms with Crippen molar-refractivity contribution in [3.05, 3.63) is 81.5 Å². The first-order valence-corrected chi connectivity index (χ1v) is 10.3. The topological polar surface area (TPSA) is 96.6 Å². The monoisotopic (exact) mass is 436 g/mol. The lowest BCUT2D eigenvalue weighted by Gasteiger charge is -2.13. The second-order valence-corrected chi connectivity index (χ2v) is 7.77. The molecular weight excluding hydrogens is 416 g/mol. The molecule has 7 nitrogen and oxygen atoms in total. The molecule has 1 aromatic carbocycles. The highest BCUT2D eigenvalue weighted by Gasteiger charge is 2.28. The maximum absolute atomic E-state index is 12.8. The van der Waals surface area contributed by atoms with E-state index >= 15 is 0 Å². The minimum absolute atomic E-state index is 0.233. The summed E-state index contributed by atoms with van der Waals surface area (Å²) in [6.45, 7) is 3.72. The Morgan fingerprint density at radius 2 is 1.87 bits per heavy atom. The first-order valence-electron chi connectivity index (χ1n) is 9.91. The standard InChI is InChI=1S/C23H21ClN4O3/c1-13-6-7-16(12-17(13)24)26-23(30)21-14(2)20-18(4-3-5-19(20)31-21)27-28-22(29)15-8-10-25-11-9-15/h6-12H,3-5H2,1-2H3,(H,26,30)(H,28,29)/b27-18+. The molecule has 2 heterocycles. The molecule has 3 aromatic rings. The van der Waals surface area contributed by atoms with Crippen LogP contribution in [-0.4, -0.2) is 22.5 Å². The summed E-state index contributed by atoms with van der Waals surface area (Å²) in [4.78, 5) is 29.1. The van der Waals surface area contributed by atoms with Gasteiger partial charge in [0.25, 0.3) is 11.8 Å². The summed E-state index contributed by atoms with van der Waals surface area (Å²) in [5, 5.41) is 7.73. The number of nitrogens with zero attached hydrogens (tertiary/aromatic N) is 2. The van der Waals surface area contributed by atoms with Crippen LogP contribution in [0.4, 0.5) is 5.69 Å². The van der Waals surface area contributed by atoms with Gasteiger partial charge in [0.05, 0.1) is 5.71 Å². The van der Waals surface area contributed by atoms with Gasteiger partial charge in [-0.05, 0) is 56.5 Å². The zero-order chi connectivity index (χ0) is 22.0. The number of pyridine rings is 1. The molecule has 1 aliphatic rings. The van der Waals surface area contributed by atoms with Gasteiger partial charge in [-0.15, -0.1) is 0 Å². The largest absolute Gasteiger partial charge is 0.455 e. The van der Waals surface area contributed by atoms with Crippen LogP contribution in [0.5, 0.6) is 0 Å². The first-order chi connectivity index (χ1) is 14.9. The molecule has 0 saturated heterocycles. The minimum atomic E-state index is -0.355. The van der Waals surface area contributed by atoms with Gasteiger partial charge in [-0.25, -0.2) is 5.43 Å². The Labute approximate surface area is 184 Å². The van der Waals surface area contributed by atoms with Crippen molar-refractivity contribution in [3.63, 3.8) is 0 Å². The van der Waals surface area contributed by atoms with Crippen molar-refractivity contribution in [2.75, 3.05) is 5.32 Å². The number of anilines is 1. The lowest BCUT2D eigenvalue weighted by molar-refractivity contribution is 0.0953. The number of nitrogens with one attached hydrogen (secondary N) is 2. The Kier molecular flexibility index (Phi) is 5.86. The third kappa shape index (κ3) is 4.36. The number of hydrogen-bond donors (Lipinski definition) is 2. The number of hydrazone groups is 1. The molecule has 1 aliphatic carbocycles. The molecule has 158 valence electrons. The summed E-state index contributed by atoms with van der Waals surface area (Å²) >= 11 is 6.15. The average molecular weight is 437 g/mol. The summed E-state index contributed by atoms with van der Waals surface area (Å²) in [6.07, 6.45) is 5.30. The molecule has 0 atom stereocenters. The van der Waals surface area contributed by atoms with E-state index in [2.05, 4.69) is 20.8 Å². The van der Waals surface area contributed by atoms with Crippen LogP contribution in [0.3, 0.4) is 0 Å². The van der Waals surface area contributed by atoms with E-state index in [0.717, 1.165) is 17.5 Å². The van der Waals surface area contributed by atoms with Crippen molar-refractivity contribution < 1.29 is 14.0 Å². The summed E-state index contributed by atoms with van der Waals surface area (Å²) in [5.41, 5.74) is 6.76. The maximum Gasteiger partial charge on any atom is 0.291 e. The van der Waals surface area contributed by atoms with E-state index in [1.807, 2.05) is 19.9 Å². The molecule has 4 rings (SSSR count). The third-order valence-electron chi connectivity index (χ3n) is 5.20. The Morgan fingerprint density at radius 1 is 1.10 bits per heavy atom. The second kappa shape index (κ2) is 8.73. The van der Waals surface area contributed by atoms with E-state index in [0.29, 0.717) is 46.2 Å². The first kappa shape index (κ1) is 20.8. The normalized spacial score (nSPS) is 14.2. The Balaban J connectivity index is 1.57. The lowest BCUT2D eigenvalue weighted by atomic mass is 9.93. The smallest absolute Gasteiger partial charge is 0.291 e. The van der Waals surface area contributed by atoms with Crippen LogP contribution in [0.15, 0.2) is 52.2 Å². The van der Waals surface area contributed by atoms with Gasteiger partial charge in [-0.2, -0.15) is 5.10 Å². The second-order valence-electron chi connectivity index (χ2n) is 7.36. The number of benzene rings is 1. The van der Waals surface area contributed by atoms with Crippen molar-refractivity contribution in [1.82, 2.24) is 10.4 Å². The van der Waals surface area contributed by atoms with E-state index in [9.17, 15) is 9.59 Å². The Bertz CT molecular complexity index is 1190. The molecule has 2 amide bonds. The highest BCUT2D eigenvalue weighted by Crippen LogP contribution is 2.30. The zero-order valence-corrected chi connectivity index (χ0v) is 17.9. The predicted octanol–water partition coefficient (Wildman–Crippen LogP) is 4.67. The molecule has 31 heavy (non-hydrogen) atoms. The van der Waals surface area contributed by atoms with E-state index in [1.165, 1.54) is 0 Å². The summed E-state index contributed by atoms with van der Waals surface area (Å²) in [5.74, 6) is 0.258. The molecule has 0 saturated carbocycles. The summed E-state index contributed by atoms with van der Waals surface area (Å²) in [7, 11) is 0. The van der Waals surface area contributed by atoms with Crippen molar-refractivity contribution in [2.45, 2.75) is 33.1 Å². The SMILES string of the molecule is Cc1ccc(NC(=O)c2oc3c(c2C)/C(=N/NC(=O)c2ccncc2)CCC3)cc1Cl. The summed E-state index contributed by atoms with van der Waals surface area (Å²) in [6, 6.07) is 8.57. The van der Waals surface area contributed by atoms with Crippen molar-refractivity contribution in [1.29, 1.82) is 0 Å². The third-order valence-corrected chi connectivity index (χ3v) is 5.60. The van der Waals surface area contributed by atoms with E-state index in [-0.39, 0.29) is 17.6 Å². The molecular formula is C23H21ClN4O3. The highest BCUT2D eigenvalue weighted by molar-refractivity contribution is 6.31. The number of rotatable bonds is 4. The number of hydrogen-bond acceptors (Lipinski definition) is 5. The van der Waals surface area contributed by atoms with Crippen molar-refractivity contribution in [3.8, 4) is 0 Å². The number of carbonyl (C=O) groups excluding carboxylic acids is 2. The van der Waals surface area contributed by atoms with Crippen LogP contribution < -0.4 is 10.7 Å². The fraction of sp³-hybridized carbons (Fsp3) is 0.217. The fourth-order valence-electron chi connectivity index (χ4n) is 3.54. The van der Waals surface area contributed by atoms with Crippen LogP contribution in [0, 0.1) is 13.8 Å². The van der Waals surface area contributed by atoms with Gasteiger partial charge >= 0.3 is 0 Å². The molecule has 2 aromatic heterocycles. The van der Waals surface area contributed by atoms with Crippen LogP contribution in [0.2, 0.25) is 5.02 Å². The molecule has 0 bridgehead atoms. The van der Waals surface area contributed by atoms with Crippen LogP contribution in [0.25, 0.3) is 0 Å². The maximum atomic E-state index is 12.8. The zero-order valence-electron chi connectivity index (χ0n) is 17.2. The minimum Gasteiger partial charge on any atom is -0.455 e. The number of carbonyl (C=O) groups is 2. The molecule has 0 fully saturated rings. The van der Waals surface area contributed by atoms with Crippen LogP contribution >= 0.6 is 11.6 Å². The molecule has 0 aliphatic heterocycles. The fourth-order valence-corrected chi connectivity index (χ4v) is 3.72. The van der Waals surface area contributed by atoms with Crippen molar-refractivity contribution in [2.24, 2.45) is 5.10 Å².